The van der Waals surface area contributed by atoms with Crippen LogP contribution in [0.2, 0.25) is 0 Å². The van der Waals surface area contributed by atoms with Crippen LogP contribution < -0.4 is 10.6 Å². The lowest BCUT2D eigenvalue weighted by molar-refractivity contribution is -0.136. The second-order valence-electron chi connectivity index (χ2n) is 4.70. The van der Waals surface area contributed by atoms with E-state index >= 15 is 0 Å². The molecule has 1 aromatic heterocycles. The molecule has 1 atom stereocenters. The van der Waals surface area contributed by atoms with Crippen LogP contribution in [0.15, 0.2) is 18.3 Å². The highest BCUT2D eigenvalue weighted by atomic mass is 16.4. The third-order valence-corrected chi connectivity index (χ3v) is 3.17. The topological polar surface area (TPSA) is 112 Å². The summed E-state index contributed by atoms with van der Waals surface area (Å²) >= 11 is 0. The normalized spacial score (nSPS) is 18.0. The average molecular weight is 292 g/mol. The maximum Gasteiger partial charge on any atom is 0.322 e. The van der Waals surface area contributed by atoms with Gasteiger partial charge in [-0.25, -0.2) is 4.79 Å². The number of carbonyl (C=O) groups excluding carboxylic acids is 2. The Morgan fingerprint density at radius 1 is 1.52 bits per heavy atom. The molecule has 0 aliphatic carbocycles. The van der Waals surface area contributed by atoms with Gasteiger partial charge in [-0.2, -0.15) is 0 Å². The van der Waals surface area contributed by atoms with Crippen molar-refractivity contribution >= 4 is 23.6 Å². The van der Waals surface area contributed by atoms with Gasteiger partial charge in [0.1, 0.15) is 6.04 Å². The minimum absolute atomic E-state index is 0.169. The van der Waals surface area contributed by atoms with E-state index in [-0.39, 0.29) is 18.4 Å². The largest absolute Gasteiger partial charge is 0.481 e. The number of aromatic nitrogens is 1. The Hall–Kier alpha value is -2.64. The van der Waals surface area contributed by atoms with E-state index in [1.54, 1.807) is 13.0 Å². The lowest BCUT2D eigenvalue weighted by Gasteiger charge is -2.32. The third-order valence-electron chi connectivity index (χ3n) is 3.17. The summed E-state index contributed by atoms with van der Waals surface area (Å²) in [5.41, 5.74) is 0.860. The molecule has 2 heterocycles. The number of rotatable bonds is 3. The summed E-state index contributed by atoms with van der Waals surface area (Å²) in [6.45, 7) is 2.51. The van der Waals surface area contributed by atoms with Crippen molar-refractivity contribution in [3.63, 3.8) is 0 Å². The molecule has 1 aliphatic heterocycles. The predicted octanol–water partition coefficient (Wildman–Crippen LogP) is 0.0609. The standard InChI is InChI=1S/C13H16N4O4/c1-8-12(20)14-4-5-17(8)13(21)16-10-3-2-9(15-7-10)6-11(18)19/h2-3,7-8H,4-6H2,1H3,(H,14,20)(H,16,21)(H,18,19). The summed E-state index contributed by atoms with van der Waals surface area (Å²) < 4.78 is 0. The van der Waals surface area contributed by atoms with Crippen LogP contribution >= 0.6 is 0 Å². The van der Waals surface area contributed by atoms with Crippen molar-refractivity contribution in [2.75, 3.05) is 18.4 Å². The van der Waals surface area contributed by atoms with E-state index < -0.39 is 12.0 Å². The Morgan fingerprint density at radius 2 is 2.29 bits per heavy atom. The molecule has 112 valence electrons. The van der Waals surface area contributed by atoms with Gasteiger partial charge in [-0.1, -0.05) is 0 Å². The van der Waals surface area contributed by atoms with Gasteiger partial charge < -0.3 is 20.6 Å². The van der Waals surface area contributed by atoms with Gasteiger partial charge in [0.2, 0.25) is 5.91 Å². The Labute approximate surface area is 121 Å². The molecular formula is C13H16N4O4. The molecule has 1 unspecified atom stereocenters. The molecule has 0 radical (unpaired) electrons. The quantitative estimate of drug-likeness (QED) is 0.729. The van der Waals surface area contributed by atoms with Crippen LogP contribution in [0.4, 0.5) is 10.5 Å². The maximum atomic E-state index is 12.1. The number of carboxylic acids is 1. The number of carbonyl (C=O) groups is 3. The molecule has 0 aromatic carbocycles. The fraction of sp³-hybridized carbons (Fsp3) is 0.385. The zero-order valence-electron chi connectivity index (χ0n) is 11.5. The van der Waals surface area contributed by atoms with Gasteiger partial charge in [0.25, 0.3) is 0 Å². The number of hydrogen-bond acceptors (Lipinski definition) is 4. The van der Waals surface area contributed by atoms with Gasteiger partial charge >= 0.3 is 12.0 Å². The van der Waals surface area contributed by atoms with E-state index in [1.165, 1.54) is 17.2 Å². The number of amides is 3. The number of piperazine rings is 1. The lowest BCUT2D eigenvalue weighted by atomic mass is 10.2. The van der Waals surface area contributed by atoms with E-state index in [0.717, 1.165) is 0 Å². The summed E-state index contributed by atoms with van der Waals surface area (Å²) in [5.74, 6) is -1.15. The number of anilines is 1. The fourth-order valence-corrected chi connectivity index (χ4v) is 2.01. The number of urea groups is 1. The van der Waals surface area contributed by atoms with Gasteiger partial charge in [-0.05, 0) is 19.1 Å². The first-order valence-electron chi connectivity index (χ1n) is 6.49. The molecular weight excluding hydrogens is 276 g/mol. The van der Waals surface area contributed by atoms with Crippen molar-refractivity contribution in [1.29, 1.82) is 0 Å². The molecule has 0 bridgehead atoms. The van der Waals surface area contributed by atoms with Gasteiger partial charge in [0.05, 0.1) is 24.0 Å². The van der Waals surface area contributed by atoms with Crippen LogP contribution in [0.25, 0.3) is 0 Å². The minimum atomic E-state index is -0.965. The number of pyridine rings is 1. The van der Waals surface area contributed by atoms with Crippen molar-refractivity contribution in [1.82, 2.24) is 15.2 Å². The minimum Gasteiger partial charge on any atom is -0.481 e. The zero-order chi connectivity index (χ0) is 15.4. The summed E-state index contributed by atoms with van der Waals surface area (Å²) in [6.07, 6.45) is 1.22. The average Bonchev–Trinajstić information content (AvgIpc) is 2.43. The Balaban J connectivity index is 1.99. The highest BCUT2D eigenvalue weighted by Crippen LogP contribution is 2.11. The van der Waals surface area contributed by atoms with E-state index in [2.05, 4.69) is 15.6 Å². The summed E-state index contributed by atoms with van der Waals surface area (Å²) in [6, 6.07) is 2.21. The lowest BCUT2D eigenvalue weighted by Crippen LogP contribution is -2.56. The van der Waals surface area contributed by atoms with Crippen molar-refractivity contribution in [2.24, 2.45) is 0 Å². The smallest absolute Gasteiger partial charge is 0.322 e. The number of nitrogens with zero attached hydrogens (tertiary/aromatic N) is 2. The monoisotopic (exact) mass is 292 g/mol. The number of aliphatic carboxylic acids is 1. The van der Waals surface area contributed by atoms with Gasteiger partial charge in [0, 0.05) is 13.1 Å². The first-order valence-corrected chi connectivity index (χ1v) is 6.49. The van der Waals surface area contributed by atoms with Crippen molar-refractivity contribution < 1.29 is 19.5 Å². The second-order valence-corrected chi connectivity index (χ2v) is 4.70. The molecule has 1 aliphatic rings. The van der Waals surface area contributed by atoms with E-state index in [1.807, 2.05) is 0 Å². The molecule has 1 saturated heterocycles. The van der Waals surface area contributed by atoms with Crippen molar-refractivity contribution in [3.8, 4) is 0 Å². The van der Waals surface area contributed by atoms with Crippen LogP contribution in [0.5, 0.6) is 0 Å². The Bertz CT molecular complexity index is 558. The SMILES string of the molecule is CC1C(=O)NCCN1C(=O)Nc1ccc(CC(=O)O)nc1. The summed E-state index contributed by atoms with van der Waals surface area (Å²) in [4.78, 5) is 39.5. The van der Waals surface area contributed by atoms with Gasteiger partial charge in [0.15, 0.2) is 0 Å². The zero-order valence-corrected chi connectivity index (χ0v) is 11.5. The molecule has 2 rings (SSSR count). The van der Waals surface area contributed by atoms with Crippen LogP contribution in [-0.2, 0) is 16.0 Å². The first-order chi connectivity index (χ1) is 9.97. The highest BCUT2D eigenvalue weighted by Gasteiger charge is 2.29. The van der Waals surface area contributed by atoms with E-state index in [9.17, 15) is 14.4 Å². The molecule has 0 saturated carbocycles. The van der Waals surface area contributed by atoms with Crippen LogP contribution in [-0.4, -0.2) is 52.0 Å². The van der Waals surface area contributed by atoms with Crippen LogP contribution in [0, 0.1) is 0 Å². The molecule has 0 spiro atoms. The molecule has 3 amide bonds. The summed E-state index contributed by atoms with van der Waals surface area (Å²) in [5, 5.41) is 14.0. The molecule has 21 heavy (non-hydrogen) atoms. The molecule has 1 aromatic rings. The maximum absolute atomic E-state index is 12.1. The van der Waals surface area contributed by atoms with Gasteiger partial charge in [-0.15, -0.1) is 0 Å². The highest BCUT2D eigenvalue weighted by molar-refractivity contribution is 5.94. The molecule has 1 fully saturated rings. The molecule has 8 heteroatoms. The Kier molecular flexibility index (Phi) is 4.36. The summed E-state index contributed by atoms with van der Waals surface area (Å²) in [7, 11) is 0. The third kappa shape index (κ3) is 3.68. The predicted molar refractivity (Wildman–Crippen MR) is 73.8 cm³/mol. The van der Waals surface area contributed by atoms with Crippen LogP contribution in [0.3, 0.4) is 0 Å². The van der Waals surface area contributed by atoms with Crippen molar-refractivity contribution in [3.05, 3.63) is 24.0 Å². The fourth-order valence-electron chi connectivity index (χ4n) is 2.01. The van der Waals surface area contributed by atoms with Crippen molar-refractivity contribution in [2.45, 2.75) is 19.4 Å². The van der Waals surface area contributed by atoms with Gasteiger partial charge in [-0.3, -0.25) is 14.6 Å². The first kappa shape index (κ1) is 14.8. The number of hydrogen-bond donors (Lipinski definition) is 3. The number of nitrogens with one attached hydrogen (secondary N) is 2. The number of carboxylic acid groups (broad SMARTS) is 1. The van der Waals surface area contributed by atoms with E-state index in [4.69, 9.17) is 5.11 Å². The molecule has 3 N–H and O–H groups in total. The Morgan fingerprint density at radius 3 is 2.90 bits per heavy atom. The van der Waals surface area contributed by atoms with Crippen LogP contribution in [0.1, 0.15) is 12.6 Å². The second kappa shape index (κ2) is 6.21. The van der Waals surface area contributed by atoms with E-state index in [0.29, 0.717) is 24.5 Å². The molecule has 8 nitrogen and oxygen atoms in total.